The van der Waals surface area contributed by atoms with Gasteiger partial charge < -0.3 is 5.32 Å². The molecule has 3 rings (SSSR count). The number of benzene rings is 1. The van der Waals surface area contributed by atoms with E-state index >= 15 is 0 Å². The van der Waals surface area contributed by atoms with Crippen LogP contribution in [-0.4, -0.2) is 12.6 Å². The Bertz CT molecular complexity index is 413. The van der Waals surface area contributed by atoms with Crippen LogP contribution in [0.3, 0.4) is 0 Å². The zero-order chi connectivity index (χ0) is 13.9. The molecule has 1 heteroatoms. The van der Waals surface area contributed by atoms with Gasteiger partial charge in [-0.15, -0.1) is 0 Å². The predicted molar refractivity (Wildman–Crippen MR) is 85.9 cm³/mol. The lowest BCUT2D eigenvalue weighted by molar-refractivity contribution is 0.259. The minimum absolute atomic E-state index is 0.663. The fourth-order valence-electron chi connectivity index (χ4n) is 4.53. The summed E-state index contributed by atoms with van der Waals surface area (Å²) in [6.45, 7) is 5.92. The van der Waals surface area contributed by atoms with Crippen molar-refractivity contribution >= 4 is 0 Å². The molecule has 5 unspecified atom stereocenters. The van der Waals surface area contributed by atoms with Crippen LogP contribution < -0.4 is 5.32 Å². The van der Waals surface area contributed by atoms with Crippen molar-refractivity contribution in [1.82, 2.24) is 5.32 Å². The van der Waals surface area contributed by atoms with Crippen LogP contribution in [0.15, 0.2) is 30.3 Å². The molecule has 2 saturated carbocycles. The summed E-state index contributed by atoms with van der Waals surface area (Å²) in [6.07, 6.45) is 7.28. The second-order valence-corrected chi connectivity index (χ2v) is 7.18. The van der Waals surface area contributed by atoms with Gasteiger partial charge in [-0.2, -0.15) is 0 Å². The van der Waals surface area contributed by atoms with Crippen LogP contribution in [0.1, 0.15) is 57.4 Å². The van der Waals surface area contributed by atoms with Crippen molar-refractivity contribution in [2.24, 2.45) is 17.8 Å². The molecule has 0 amide bonds. The van der Waals surface area contributed by atoms with Crippen LogP contribution >= 0.6 is 0 Å². The molecule has 1 nitrogen and oxygen atoms in total. The fourth-order valence-corrected chi connectivity index (χ4v) is 4.53. The van der Waals surface area contributed by atoms with Crippen molar-refractivity contribution in [3.05, 3.63) is 35.9 Å². The summed E-state index contributed by atoms with van der Waals surface area (Å²) in [4.78, 5) is 0. The molecule has 5 atom stereocenters. The van der Waals surface area contributed by atoms with Crippen molar-refractivity contribution in [3.8, 4) is 0 Å². The van der Waals surface area contributed by atoms with Crippen LogP contribution in [0, 0.1) is 17.8 Å². The first kappa shape index (κ1) is 14.1. The monoisotopic (exact) mass is 271 g/mol. The van der Waals surface area contributed by atoms with E-state index in [1.54, 1.807) is 0 Å². The lowest BCUT2D eigenvalue weighted by Gasteiger charge is -2.29. The zero-order valence-corrected chi connectivity index (χ0v) is 13.0. The lowest BCUT2D eigenvalue weighted by Crippen LogP contribution is -2.37. The average Bonchev–Trinajstić information content (AvgIpc) is 3.10. The van der Waals surface area contributed by atoms with Gasteiger partial charge in [0, 0.05) is 6.04 Å². The molecular weight excluding hydrogens is 242 g/mol. The first-order chi connectivity index (χ1) is 9.74. The topological polar surface area (TPSA) is 12.0 Å². The van der Waals surface area contributed by atoms with E-state index < -0.39 is 0 Å². The van der Waals surface area contributed by atoms with Gasteiger partial charge in [-0.25, -0.2) is 0 Å². The molecule has 0 radical (unpaired) electrons. The molecule has 0 spiro atoms. The molecule has 1 N–H and O–H groups in total. The average molecular weight is 271 g/mol. The molecule has 1 aromatic rings. The van der Waals surface area contributed by atoms with Crippen molar-refractivity contribution in [2.45, 2.75) is 57.9 Å². The summed E-state index contributed by atoms with van der Waals surface area (Å²) < 4.78 is 0. The van der Waals surface area contributed by atoms with Crippen molar-refractivity contribution < 1.29 is 0 Å². The van der Waals surface area contributed by atoms with Gasteiger partial charge in [0.15, 0.2) is 0 Å². The Kier molecular flexibility index (Phi) is 4.45. The lowest BCUT2D eigenvalue weighted by atomic mass is 9.84. The van der Waals surface area contributed by atoms with Crippen LogP contribution in [-0.2, 0) is 0 Å². The third-order valence-corrected chi connectivity index (χ3v) is 5.85. The summed E-state index contributed by atoms with van der Waals surface area (Å²) in [5.41, 5.74) is 1.47. The van der Waals surface area contributed by atoms with Crippen molar-refractivity contribution in [2.75, 3.05) is 6.54 Å². The molecule has 2 aliphatic rings. The van der Waals surface area contributed by atoms with Gasteiger partial charge in [-0.05, 0) is 68.4 Å². The van der Waals surface area contributed by atoms with E-state index in [0.717, 1.165) is 24.3 Å². The Hall–Kier alpha value is -0.820. The highest BCUT2D eigenvalue weighted by molar-refractivity contribution is 5.18. The molecular formula is C19H29N. The quantitative estimate of drug-likeness (QED) is 0.797. The molecule has 20 heavy (non-hydrogen) atoms. The molecule has 0 aliphatic heterocycles. The van der Waals surface area contributed by atoms with E-state index in [2.05, 4.69) is 49.5 Å². The van der Waals surface area contributed by atoms with E-state index in [0.29, 0.717) is 12.0 Å². The second-order valence-electron chi connectivity index (χ2n) is 7.18. The Morgan fingerprint density at radius 1 is 1.10 bits per heavy atom. The Labute approximate surface area is 124 Å². The molecule has 0 aromatic heterocycles. The highest BCUT2D eigenvalue weighted by Crippen LogP contribution is 2.49. The van der Waals surface area contributed by atoms with E-state index in [-0.39, 0.29) is 0 Å². The van der Waals surface area contributed by atoms with Gasteiger partial charge >= 0.3 is 0 Å². The number of hydrogen-bond donors (Lipinski definition) is 1. The Balaban J connectivity index is 1.41. The normalized spacial score (nSPS) is 31.4. The molecule has 2 aliphatic carbocycles. The number of fused-ring (bicyclic) bond motifs is 2. The minimum atomic E-state index is 0.663. The third kappa shape index (κ3) is 3.09. The molecule has 0 heterocycles. The number of rotatable bonds is 6. The van der Waals surface area contributed by atoms with Crippen LogP contribution in [0.2, 0.25) is 0 Å². The van der Waals surface area contributed by atoms with Crippen LogP contribution in [0.25, 0.3) is 0 Å². The van der Waals surface area contributed by atoms with E-state index in [9.17, 15) is 0 Å². The maximum absolute atomic E-state index is 3.81. The van der Waals surface area contributed by atoms with E-state index in [4.69, 9.17) is 0 Å². The predicted octanol–water partition coefficient (Wildman–Crippen LogP) is 4.59. The number of nitrogens with one attached hydrogen (secondary N) is 1. The standard InChI is InChI=1S/C19H29N/c1-14(17-6-4-3-5-7-17)10-11-20-15(2)19-13-16-8-9-18(19)12-16/h3-7,14-16,18-20H,8-13H2,1-2H3. The van der Waals surface area contributed by atoms with Gasteiger partial charge in [0.25, 0.3) is 0 Å². The van der Waals surface area contributed by atoms with E-state index in [1.165, 1.54) is 37.7 Å². The summed E-state index contributed by atoms with van der Waals surface area (Å²) in [5, 5.41) is 3.81. The van der Waals surface area contributed by atoms with Gasteiger partial charge in [0.2, 0.25) is 0 Å². The number of hydrogen-bond acceptors (Lipinski definition) is 1. The first-order valence-corrected chi connectivity index (χ1v) is 8.52. The zero-order valence-electron chi connectivity index (χ0n) is 13.0. The molecule has 0 saturated heterocycles. The minimum Gasteiger partial charge on any atom is -0.314 e. The van der Waals surface area contributed by atoms with Crippen LogP contribution in [0.4, 0.5) is 0 Å². The first-order valence-electron chi connectivity index (χ1n) is 8.52. The molecule has 1 aromatic carbocycles. The van der Waals surface area contributed by atoms with E-state index in [1.807, 2.05) is 0 Å². The largest absolute Gasteiger partial charge is 0.314 e. The smallest absolute Gasteiger partial charge is 0.00697 e. The van der Waals surface area contributed by atoms with Gasteiger partial charge in [0.05, 0.1) is 0 Å². The van der Waals surface area contributed by atoms with Crippen molar-refractivity contribution in [3.63, 3.8) is 0 Å². The summed E-state index contributed by atoms with van der Waals surface area (Å²) >= 11 is 0. The molecule has 2 bridgehead atoms. The molecule has 2 fully saturated rings. The highest BCUT2D eigenvalue weighted by Gasteiger charge is 2.41. The Morgan fingerprint density at radius 2 is 1.90 bits per heavy atom. The Morgan fingerprint density at radius 3 is 2.55 bits per heavy atom. The maximum atomic E-state index is 3.81. The van der Waals surface area contributed by atoms with Gasteiger partial charge in [0.1, 0.15) is 0 Å². The fraction of sp³-hybridized carbons (Fsp3) is 0.684. The highest BCUT2D eigenvalue weighted by atomic mass is 14.9. The van der Waals surface area contributed by atoms with Crippen molar-refractivity contribution in [1.29, 1.82) is 0 Å². The van der Waals surface area contributed by atoms with Gasteiger partial charge in [-0.1, -0.05) is 43.7 Å². The second kappa shape index (κ2) is 6.30. The summed E-state index contributed by atoms with van der Waals surface area (Å²) in [5.74, 6) is 3.73. The maximum Gasteiger partial charge on any atom is 0.00697 e. The van der Waals surface area contributed by atoms with Crippen LogP contribution in [0.5, 0.6) is 0 Å². The third-order valence-electron chi connectivity index (χ3n) is 5.85. The SMILES string of the molecule is CC(CCNC(C)C1CC2CCC1C2)c1ccccc1. The summed E-state index contributed by atoms with van der Waals surface area (Å²) in [6, 6.07) is 11.6. The molecule has 110 valence electrons. The summed E-state index contributed by atoms with van der Waals surface area (Å²) in [7, 11) is 0. The van der Waals surface area contributed by atoms with Gasteiger partial charge in [-0.3, -0.25) is 0 Å².